The topological polar surface area (TPSA) is 113 Å². The molecule has 35 heavy (non-hydrogen) atoms. The predicted molar refractivity (Wildman–Crippen MR) is 130 cm³/mol. The number of carbonyl (C=O) groups is 1. The van der Waals surface area contributed by atoms with E-state index < -0.39 is 17.0 Å². The fraction of sp³-hybridized carbons (Fsp3) is 0.160. The van der Waals surface area contributed by atoms with Crippen LogP contribution < -0.4 is 15.9 Å². The van der Waals surface area contributed by atoms with Crippen LogP contribution in [0.1, 0.15) is 36.2 Å². The number of nitrogens with zero attached hydrogens (tertiary/aromatic N) is 4. The molecular weight excluding hydrogens is 473 g/mol. The van der Waals surface area contributed by atoms with Crippen molar-refractivity contribution in [1.29, 1.82) is 0 Å². The molecule has 0 bridgehead atoms. The Balaban J connectivity index is 1.59. The second-order valence-corrected chi connectivity index (χ2v) is 8.38. The normalized spacial score (nSPS) is 11.0. The van der Waals surface area contributed by atoms with Crippen LogP contribution in [0, 0.1) is 5.82 Å². The standard InChI is InChI=1S/C25H21ClFN5O3/c1-14(2)32-13-18(15-6-8-16(27)9-7-15)25(34)24(31-32)20(33)10-22-29-11-17(12-30-22)35-21-5-3-4-19(28)23(21)26/h3-9,11-14H,10,28H2,1-2H3. The van der Waals surface area contributed by atoms with Gasteiger partial charge in [-0.05, 0) is 43.7 Å². The summed E-state index contributed by atoms with van der Waals surface area (Å²) in [6.07, 6.45) is 4.10. The molecule has 0 radical (unpaired) electrons. The molecule has 2 heterocycles. The molecule has 0 aliphatic heterocycles. The Bertz CT molecular complexity index is 1440. The monoisotopic (exact) mass is 493 g/mol. The number of ether oxygens (including phenoxy) is 1. The molecule has 0 aliphatic rings. The number of benzene rings is 2. The Labute approximate surface area is 205 Å². The highest BCUT2D eigenvalue weighted by atomic mass is 35.5. The van der Waals surface area contributed by atoms with E-state index >= 15 is 0 Å². The molecule has 178 valence electrons. The highest BCUT2D eigenvalue weighted by Gasteiger charge is 2.20. The van der Waals surface area contributed by atoms with Crippen LogP contribution in [-0.2, 0) is 6.42 Å². The number of rotatable bonds is 7. The number of hydrogen-bond donors (Lipinski definition) is 1. The van der Waals surface area contributed by atoms with Crippen molar-refractivity contribution < 1.29 is 13.9 Å². The van der Waals surface area contributed by atoms with E-state index in [9.17, 15) is 14.0 Å². The Morgan fingerprint density at radius 1 is 1.14 bits per heavy atom. The lowest BCUT2D eigenvalue weighted by atomic mass is 10.0. The number of anilines is 1. The van der Waals surface area contributed by atoms with Gasteiger partial charge in [-0.25, -0.2) is 14.4 Å². The first-order chi connectivity index (χ1) is 16.7. The molecule has 8 nitrogen and oxygen atoms in total. The van der Waals surface area contributed by atoms with Gasteiger partial charge in [0.1, 0.15) is 22.4 Å². The Morgan fingerprint density at radius 2 is 1.83 bits per heavy atom. The van der Waals surface area contributed by atoms with Gasteiger partial charge >= 0.3 is 0 Å². The Morgan fingerprint density at radius 3 is 2.49 bits per heavy atom. The first-order valence-corrected chi connectivity index (χ1v) is 11.1. The van der Waals surface area contributed by atoms with Gasteiger partial charge < -0.3 is 10.5 Å². The van der Waals surface area contributed by atoms with Crippen molar-refractivity contribution >= 4 is 23.1 Å². The third kappa shape index (κ3) is 5.36. The Hall–Kier alpha value is -4.11. The zero-order valence-electron chi connectivity index (χ0n) is 18.9. The van der Waals surface area contributed by atoms with E-state index in [1.54, 1.807) is 24.4 Å². The number of Topliss-reactive ketones (excluding diaryl/α,β-unsaturated/α-hetero) is 1. The number of hydrogen-bond acceptors (Lipinski definition) is 7. The molecule has 0 spiro atoms. The average Bonchev–Trinajstić information content (AvgIpc) is 2.84. The summed E-state index contributed by atoms with van der Waals surface area (Å²) >= 11 is 6.13. The Kier molecular flexibility index (Phi) is 6.88. The second-order valence-electron chi connectivity index (χ2n) is 8.00. The molecule has 4 aromatic rings. The summed E-state index contributed by atoms with van der Waals surface area (Å²) in [5.74, 6) is -0.139. The van der Waals surface area contributed by atoms with Crippen molar-refractivity contribution in [3.05, 3.63) is 93.6 Å². The summed E-state index contributed by atoms with van der Waals surface area (Å²) in [4.78, 5) is 34.5. The largest absolute Gasteiger partial charge is 0.452 e. The molecule has 0 unspecified atom stereocenters. The third-order valence-corrected chi connectivity index (χ3v) is 5.51. The van der Waals surface area contributed by atoms with E-state index in [2.05, 4.69) is 15.1 Å². The van der Waals surface area contributed by atoms with Crippen molar-refractivity contribution in [2.24, 2.45) is 0 Å². The highest BCUT2D eigenvalue weighted by Crippen LogP contribution is 2.32. The molecule has 2 N–H and O–H groups in total. The molecule has 10 heteroatoms. The van der Waals surface area contributed by atoms with Crippen LogP contribution in [0.5, 0.6) is 11.5 Å². The maximum Gasteiger partial charge on any atom is 0.219 e. The van der Waals surface area contributed by atoms with Gasteiger partial charge in [-0.3, -0.25) is 14.3 Å². The molecule has 0 fully saturated rings. The van der Waals surface area contributed by atoms with Crippen LogP contribution in [-0.4, -0.2) is 25.5 Å². The van der Waals surface area contributed by atoms with Crippen LogP contribution in [0.25, 0.3) is 11.1 Å². The molecule has 0 saturated heterocycles. The lowest BCUT2D eigenvalue weighted by molar-refractivity contribution is 0.0982. The molecule has 4 rings (SSSR count). The molecule has 0 saturated carbocycles. The fourth-order valence-corrected chi connectivity index (χ4v) is 3.40. The van der Waals surface area contributed by atoms with Crippen molar-refractivity contribution in [2.75, 3.05) is 5.73 Å². The number of nitrogen functional groups attached to an aromatic ring is 1. The molecule has 0 aliphatic carbocycles. The van der Waals surface area contributed by atoms with E-state index in [0.29, 0.717) is 22.7 Å². The summed E-state index contributed by atoms with van der Waals surface area (Å²) in [5.41, 5.74) is 6.09. The minimum atomic E-state index is -0.547. The quantitative estimate of drug-likeness (QED) is 0.288. The summed E-state index contributed by atoms with van der Waals surface area (Å²) in [7, 11) is 0. The van der Waals surface area contributed by atoms with Gasteiger partial charge in [0, 0.05) is 17.8 Å². The number of halogens is 2. The van der Waals surface area contributed by atoms with E-state index in [4.69, 9.17) is 22.1 Å². The summed E-state index contributed by atoms with van der Waals surface area (Å²) in [6.45, 7) is 3.74. The first-order valence-electron chi connectivity index (χ1n) is 10.7. The first kappa shape index (κ1) is 24.0. The predicted octanol–water partition coefficient (Wildman–Crippen LogP) is 4.87. The zero-order chi connectivity index (χ0) is 25.1. The van der Waals surface area contributed by atoms with Gasteiger partial charge in [-0.1, -0.05) is 29.8 Å². The molecule has 2 aromatic carbocycles. The molecular formula is C25H21ClFN5O3. The minimum absolute atomic E-state index is 0.118. The summed E-state index contributed by atoms with van der Waals surface area (Å²) in [5, 5.41) is 4.50. The number of ketones is 1. The molecule has 2 aromatic heterocycles. The van der Waals surface area contributed by atoms with Gasteiger partial charge in [0.2, 0.25) is 5.43 Å². The van der Waals surface area contributed by atoms with E-state index in [-0.39, 0.29) is 34.6 Å². The highest BCUT2D eigenvalue weighted by molar-refractivity contribution is 6.34. The summed E-state index contributed by atoms with van der Waals surface area (Å²) in [6, 6.07) is 10.4. The smallest absolute Gasteiger partial charge is 0.219 e. The van der Waals surface area contributed by atoms with E-state index in [1.807, 2.05) is 13.8 Å². The van der Waals surface area contributed by atoms with Crippen molar-refractivity contribution in [3.8, 4) is 22.6 Å². The van der Waals surface area contributed by atoms with Crippen molar-refractivity contribution in [3.63, 3.8) is 0 Å². The van der Waals surface area contributed by atoms with Gasteiger partial charge in [0.05, 0.1) is 24.5 Å². The van der Waals surface area contributed by atoms with Gasteiger partial charge in [0.15, 0.2) is 17.2 Å². The van der Waals surface area contributed by atoms with Crippen LogP contribution >= 0.6 is 11.6 Å². The fourth-order valence-electron chi connectivity index (χ4n) is 3.24. The number of nitrogens with two attached hydrogens (primary N) is 1. The third-order valence-electron chi connectivity index (χ3n) is 5.11. The number of carbonyl (C=O) groups excluding carboxylic acids is 1. The second kappa shape index (κ2) is 10.0. The maximum atomic E-state index is 13.4. The van der Waals surface area contributed by atoms with Crippen LogP contribution in [0.15, 0.2) is 65.8 Å². The zero-order valence-corrected chi connectivity index (χ0v) is 19.7. The molecule has 0 amide bonds. The SMILES string of the molecule is CC(C)n1cc(-c2ccc(F)cc2)c(=O)c(C(=O)Cc2ncc(Oc3cccc(N)c3Cl)cn2)n1. The van der Waals surface area contributed by atoms with Crippen LogP contribution in [0.2, 0.25) is 5.02 Å². The van der Waals surface area contributed by atoms with Crippen molar-refractivity contribution in [2.45, 2.75) is 26.3 Å². The van der Waals surface area contributed by atoms with Gasteiger partial charge in [-0.15, -0.1) is 0 Å². The lowest BCUT2D eigenvalue weighted by Crippen LogP contribution is -2.26. The van der Waals surface area contributed by atoms with E-state index in [1.165, 1.54) is 41.3 Å². The van der Waals surface area contributed by atoms with Gasteiger partial charge in [0.25, 0.3) is 0 Å². The summed E-state index contributed by atoms with van der Waals surface area (Å²) < 4.78 is 20.5. The lowest BCUT2D eigenvalue weighted by Gasteiger charge is -2.13. The van der Waals surface area contributed by atoms with Gasteiger partial charge in [-0.2, -0.15) is 5.10 Å². The molecule has 0 atom stereocenters. The van der Waals surface area contributed by atoms with Crippen LogP contribution in [0.4, 0.5) is 10.1 Å². The van der Waals surface area contributed by atoms with Crippen molar-refractivity contribution in [1.82, 2.24) is 19.7 Å². The average molecular weight is 494 g/mol. The minimum Gasteiger partial charge on any atom is -0.452 e. The van der Waals surface area contributed by atoms with Crippen LogP contribution in [0.3, 0.4) is 0 Å². The number of aromatic nitrogens is 4. The van der Waals surface area contributed by atoms with E-state index in [0.717, 1.165) is 0 Å². The maximum absolute atomic E-state index is 13.4.